The van der Waals surface area contributed by atoms with Gasteiger partial charge >= 0.3 is 5.97 Å². The van der Waals surface area contributed by atoms with Crippen molar-refractivity contribution < 1.29 is 24.5 Å². The Morgan fingerprint density at radius 3 is 2.68 bits per heavy atom. The third-order valence-electron chi connectivity index (χ3n) is 3.99. The summed E-state index contributed by atoms with van der Waals surface area (Å²) in [5.74, 6) is -1.26. The molecule has 0 saturated heterocycles. The summed E-state index contributed by atoms with van der Waals surface area (Å²) in [6.45, 7) is 1.72. The van der Waals surface area contributed by atoms with Gasteiger partial charge in [0.25, 0.3) is 5.91 Å². The average molecular weight is 307 g/mol. The van der Waals surface area contributed by atoms with Gasteiger partial charge in [-0.05, 0) is 30.9 Å². The highest BCUT2D eigenvalue weighted by Gasteiger charge is 2.23. The van der Waals surface area contributed by atoms with E-state index in [1.807, 2.05) is 0 Å². The molecule has 2 atom stereocenters. The van der Waals surface area contributed by atoms with E-state index in [4.69, 9.17) is 9.84 Å². The van der Waals surface area contributed by atoms with Crippen LogP contribution in [0.4, 0.5) is 0 Å². The summed E-state index contributed by atoms with van der Waals surface area (Å²) in [6.07, 6.45) is 4.31. The van der Waals surface area contributed by atoms with Crippen molar-refractivity contribution >= 4 is 11.9 Å². The van der Waals surface area contributed by atoms with Crippen LogP contribution >= 0.6 is 0 Å². The lowest BCUT2D eigenvalue weighted by atomic mass is 9.86. The van der Waals surface area contributed by atoms with Crippen LogP contribution in [0.2, 0.25) is 0 Å². The zero-order chi connectivity index (χ0) is 16.1. The molecule has 1 saturated carbocycles. The van der Waals surface area contributed by atoms with Gasteiger partial charge in [0.15, 0.2) is 6.61 Å². The van der Waals surface area contributed by atoms with Crippen molar-refractivity contribution in [3.63, 3.8) is 0 Å². The largest absolute Gasteiger partial charge is 0.508 e. The first-order valence-electron chi connectivity index (χ1n) is 7.46. The number of aromatic hydroxyl groups is 2. The average Bonchev–Trinajstić information content (AvgIpc) is 2.47. The van der Waals surface area contributed by atoms with E-state index < -0.39 is 5.97 Å². The van der Waals surface area contributed by atoms with Gasteiger partial charge in [0.05, 0.1) is 0 Å². The Morgan fingerprint density at radius 1 is 1.27 bits per heavy atom. The van der Waals surface area contributed by atoms with E-state index in [-0.39, 0.29) is 35.6 Å². The highest BCUT2D eigenvalue weighted by molar-refractivity contribution is 5.94. The Balaban J connectivity index is 1.84. The minimum atomic E-state index is -0.802. The Hall–Kier alpha value is -2.24. The fraction of sp³-hybridized carbons (Fsp3) is 0.500. The lowest BCUT2D eigenvalue weighted by Crippen LogP contribution is -2.42. The number of phenols is 2. The number of rotatable bonds is 4. The van der Waals surface area contributed by atoms with E-state index in [1.54, 1.807) is 0 Å². The van der Waals surface area contributed by atoms with Gasteiger partial charge < -0.3 is 20.3 Å². The summed E-state index contributed by atoms with van der Waals surface area (Å²) in [7, 11) is 0. The number of esters is 1. The monoisotopic (exact) mass is 307 g/mol. The van der Waals surface area contributed by atoms with Gasteiger partial charge in [0.2, 0.25) is 0 Å². The van der Waals surface area contributed by atoms with Crippen LogP contribution in [0, 0.1) is 5.92 Å². The van der Waals surface area contributed by atoms with E-state index in [1.165, 1.54) is 18.6 Å². The molecule has 1 aromatic carbocycles. The molecule has 1 aliphatic carbocycles. The molecule has 0 aromatic heterocycles. The third kappa shape index (κ3) is 4.13. The van der Waals surface area contributed by atoms with E-state index in [2.05, 4.69) is 12.2 Å². The molecular formula is C16H21NO5. The molecule has 0 radical (unpaired) electrons. The molecule has 0 heterocycles. The predicted molar refractivity (Wildman–Crippen MR) is 79.6 cm³/mol. The van der Waals surface area contributed by atoms with Crippen LogP contribution in [0.5, 0.6) is 11.5 Å². The second-order valence-electron chi connectivity index (χ2n) is 5.71. The van der Waals surface area contributed by atoms with Crippen molar-refractivity contribution in [3.8, 4) is 11.5 Å². The summed E-state index contributed by atoms with van der Waals surface area (Å²) in [6, 6.07) is 3.68. The molecule has 1 amide bonds. The minimum Gasteiger partial charge on any atom is -0.508 e. The second-order valence-corrected chi connectivity index (χ2v) is 5.71. The minimum absolute atomic E-state index is 0.0864. The summed E-state index contributed by atoms with van der Waals surface area (Å²) in [5, 5.41) is 21.6. The van der Waals surface area contributed by atoms with E-state index in [0.717, 1.165) is 25.3 Å². The maximum atomic E-state index is 11.8. The number of hydrogen-bond donors (Lipinski definition) is 3. The van der Waals surface area contributed by atoms with Gasteiger partial charge in [-0.15, -0.1) is 0 Å². The Morgan fingerprint density at radius 2 is 2.00 bits per heavy atom. The molecule has 0 bridgehead atoms. The van der Waals surface area contributed by atoms with Crippen molar-refractivity contribution in [3.05, 3.63) is 23.8 Å². The Kier molecular flexibility index (Phi) is 5.25. The maximum Gasteiger partial charge on any atom is 0.342 e. The first kappa shape index (κ1) is 16.1. The highest BCUT2D eigenvalue weighted by Crippen LogP contribution is 2.24. The van der Waals surface area contributed by atoms with Crippen molar-refractivity contribution in [2.75, 3.05) is 6.61 Å². The van der Waals surface area contributed by atoms with E-state index in [9.17, 15) is 14.7 Å². The number of amides is 1. The van der Waals surface area contributed by atoms with E-state index >= 15 is 0 Å². The normalized spacial score (nSPS) is 21.1. The first-order valence-corrected chi connectivity index (χ1v) is 7.46. The number of carbonyl (C=O) groups is 2. The Bertz CT molecular complexity index is 557. The van der Waals surface area contributed by atoms with Gasteiger partial charge in [-0.2, -0.15) is 0 Å². The van der Waals surface area contributed by atoms with Crippen LogP contribution in [0.3, 0.4) is 0 Å². The van der Waals surface area contributed by atoms with Gasteiger partial charge in [0.1, 0.15) is 17.1 Å². The maximum absolute atomic E-state index is 11.8. The lowest BCUT2D eigenvalue weighted by Gasteiger charge is -2.29. The molecular weight excluding hydrogens is 286 g/mol. The van der Waals surface area contributed by atoms with Gasteiger partial charge in [0, 0.05) is 12.1 Å². The van der Waals surface area contributed by atoms with Crippen molar-refractivity contribution in [2.45, 2.75) is 38.6 Å². The van der Waals surface area contributed by atoms with Crippen LogP contribution in [0.1, 0.15) is 43.0 Å². The molecule has 22 heavy (non-hydrogen) atoms. The topological polar surface area (TPSA) is 95.9 Å². The number of benzene rings is 1. The standard InChI is InChI=1S/C16H21NO5/c1-10-4-2-3-5-13(10)17-15(20)9-22-16(21)12-7-6-11(18)8-14(12)19/h6-8,10,13,18-19H,2-5,9H2,1H3,(H,17,20). The zero-order valence-corrected chi connectivity index (χ0v) is 12.5. The number of carbonyl (C=O) groups excluding carboxylic acids is 2. The van der Waals surface area contributed by atoms with Gasteiger partial charge in [-0.1, -0.05) is 19.8 Å². The van der Waals surface area contributed by atoms with Gasteiger partial charge in [-0.25, -0.2) is 4.79 Å². The summed E-state index contributed by atoms with van der Waals surface area (Å²) in [4.78, 5) is 23.6. The van der Waals surface area contributed by atoms with Crippen LogP contribution in [0.25, 0.3) is 0 Å². The quantitative estimate of drug-likeness (QED) is 0.739. The molecule has 1 fully saturated rings. The zero-order valence-electron chi connectivity index (χ0n) is 12.5. The SMILES string of the molecule is CC1CCCCC1NC(=O)COC(=O)c1ccc(O)cc1O. The van der Waals surface area contributed by atoms with Crippen LogP contribution in [-0.4, -0.2) is 34.7 Å². The summed E-state index contributed by atoms with van der Waals surface area (Å²) in [5.41, 5.74) is -0.0864. The Labute approximate surface area is 129 Å². The predicted octanol–water partition coefficient (Wildman–Crippen LogP) is 1.95. The molecule has 1 aliphatic rings. The van der Waals surface area contributed by atoms with Crippen molar-refractivity contribution in [1.82, 2.24) is 5.32 Å². The fourth-order valence-electron chi connectivity index (χ4n) is 2.68. The van der Waals surface area contributed by atoms with Gasteiger partial charge in [-0.3, -0.25) is 4.79 Å². The molecule has 3 N–H and O–H groups in total. The lowest BCUT2D eigenvalue weighted by molar-refractivity contribution is -0.125. The highest BCUT2D eigenvalue weighted by atomic mass is 16.5. The number of hydrogen-bond acceptors (Lipinski definition) is 5. The summed E-state index contributed by atoms with van der Waals surface area (Å²) < 4.78 is 4.89. The molecule has 1 aromatic rings. The number of phenolic OH excluding ortho intramolecular Hbond substituents is 2. The molecule has 2 rings (SSSR count). The van der Waals surface area contributed by atoms with Crippen molar-refractivity contribution in [2.24, 2.45) is 5.92 Å². The second kappa shape index (κ2) is 7.15. The molecule has 6 nitrogen and oxygen atoms in total. The fourth-order valence-corrected chi connectivity index (χ4v) is 2.68. The molecule has 120 valence electrons. The smallest absolute Gasteiger partial charge is 0.342 e. The third-order valence-corrected chi connectivity index (χ3v) is 3.99. The van der Waals surface area contributed by atoms with E-state index in [0.29, 0.717) is 5.92 Å². The molecule has 0 spiro atoms. The van der Waals surface area contributed by atoms with Crippen LogP contribution in [0.15, 0.2) is 18.2 Å². The van der Waals surface area contributed by atoms with Crippen molar-refractivity contribution in [1.29, 1.82) is 0 Å². The molecule has 2 unspecified atom stereocenters. The van der Waals surface area contributed by atoms with Crippen LogP contribution in [-0.2, 0) is 9.53 Å². The number of nitrogens with one attached hydrogen (secondary N) is 1. The number of ether oxygens (including phenoxy) is 1. The molecule has 0 aliphatic heterocycles. The summed E-state index contributed by atoms with van der Waals surface area (Å²) >= 11 is 0. The molecule has 6 heteroatoms. The van der Waals surface area contributed by atoms with Crippen LogP contribution < -0.4 is 5.32 Å². The first-order chi connectivity index (χ1) is 10.5.